The van der Waals surface area contributed by atoms with Crippen LogP contribution >= 0.6 is 0 Å². The quantitative estimate of drug-likeness (QED) is 0.381. The predicted octanol–water partition coefficient (Wildman–Crippen LogP) is 5.00. The maximum atomic E-state index is 11.2. The Kier molecular flexibility index (Phi) is 5.64. The number of aromatic nitrogens is 3. The molecule has 7 nitrogen and oxygen atoms in total. The lowest BCUT2D eigenvalue weighted by atomic mass is 9.95. The van der Waals surface area contributed by atoms with Gasteiger partial charge >= 0.3 is 5.97 Å². The van der Waals surface area contributed by atoms with E-state index in [0.717, 1.165) is 28.1 Å². The Morgan fingerprint density at radius 2 is 1.56 bits per heavy atom. The van der Waals surface area contributed by atoms with Crippen LogP contribution in [0.3, 0.4) is 0 Å². The first kappa shape index (κ1) is 21.1. The maximum Gasteiger partial charge on any atom is 0.312 e. The number of phenols is 1. The minimum Gasteiger partial charge on any atom is -0.508 e. The van der Waals surface area contributed by atoms with Crippen LogP contribution in [0.4, 0.5) is 0 Å². The molecule has 0 saturated heterocycles. The molecule has 2 aromatic heterocycles. The van der Waals surface area contributed by atoms with Crippen molar-refractivity contribution in [2.75, 3.05) is 6.61 Å². The summed E-state index contributed by atoms with van der Waals surface area (Å²) in [5.41, 5.74) is 3.41. The van der Waals surface area contributed by atoms with Gasteiger partial charge in [0.2, 0.25) is 0 Å². The molecule has 4 rings (SSSR count). The summed E-state index contributed by atoms with van der Waals surface area (Å²) in [5, 5.41) is 18.6. The Labute approximate surface area is 185 Å². The highest BCUT2D eigenvalue weighted by Gasteiger charge is 2.28. The second-order valence-electron chi connectivity index (χ2n) is 8.13. The lowest BCUT2D eigenvalue weighted by molar-refractivity contribution is -0.148. The first-order valence-electron chi connectivity index (χ1n) is 10.1. The van der Waals surface area contributed by atoms with Crippen LogP contribution in [0.2, 0.25) is 0 Å². The van der Waals surface area contributed by atoms with Crippen LogP contribution in [0.15, 0.2) is 73.1 Å². The molecule has 0 aliphatic carbocycles. The van der Waals surface area contributed by atoms with Crippen molar-refractivity contribution >= 4 is 5.97 Å². The van der Waals surface area contributed by atoms with E-state index >= 15 is 0 Å². The van der Waals surface area contributed by atoms with Gasteiger partial charge in [-0.15, -0.1) is 0 Å². The zero-order valence-electron chi connectivity index (χ0n) is 17.7. The molecule has 0 aliphatic rings. The molecular weight excluding hydrogens is 406 g/mol. The van der Waals surface area contributed by atoms with E-state index in [4.69, 9.17) is 4.74 Å². The van der Waals surface area contributed by atoms with Crippen LogP contribution in [0.5, 0.6) is 11.5 Å². The van der Waals surface area contributed by atoms with Gasteiger partial charge in [0.15, 0.2) is 0 Å². The molecule has 0 radical (unpaired) electrons. The number of benzene rings is 2. The average Bonchev–Trinajstić information content (AvgIpc) is 3.29. The number of hydrogen-bond acceptors (Lipinski definition) is 5. The van der Waals surface area contributed by atoms with Gasteiger partial charge in [0.25, 0.3) is 0 Å². The number of H-pyrrole nitrogens is 1. The molecule has 0 unspecified atom stereocenters. The molecule has 2 heterocycles. The average molecular weight is 429 g/mol. The number of aromatic amines is 1. The Morgan fingerprint density at radius 1 is 0.906 bits per heavy atom. The number of carboxylic acid groups (broad SMARTS) is 1. The summed E-state index contributed by atoms with van der Waals surface area (Å²) in [4.78, 5) is 23.4. The Hall–Kier alpha value is -4.13. The van der Waals surface area contributed by atoms with Gasteiger partial charge < -0.3 is 19.9 Å². The summed E-state index contributed by atoms with van der Waals surface area (Å²) in [6, 6.07) is 18.2. The number of imidazole rings is 1. The summed E-state index contributed by atoms with van der Waals surface area (Å²) in [5.74, 6) is 0.635. The van der Waals surface area contributed by atoms with Gasteiger partial charge in [-0.05, 0) is 80.1 Å². The summed E-state index contributed by atoms with van der Waals surface area (Å²) in [6.45, 7) is 3.34. The van der Waals surface area contributed by atoms with E-state index in [0.29, 0.717) is 11.6 Å². The van der Waals surface area contributed by atoms with E-state index in [9.17, 15) is 15.0 Å². The fourth-order valence-electron chi connectivity index (χ4n) is 3.01. The van der Waals surface area contributed by atoms with Crippen molar-refractivity contribution in [3.05, 3.63) is 73.1 Å². The molecule has 0 atom stereocenters. The molecule has 0 amide bonds. The second-order valence-corrected chi connectivity index (χ2v) is 8.13. The summed E-state index contributed by atoms with van der Waals surface area (Å²) < 4.78 is 5.62. The number of nitrogens with one attached hydrogen (secondary N) is 1. The monoisotopic (exact) mass is 429 g/mol. The molecular formula is C25H23N3O4. The van der Waals surface area contributed by atoms with E-state index in [1.165, 1.54) is 0 Å². The largest absolute Gasteiger partial charge is 0.508 e. The third kappa shape index (κ3) is 4.62. The Morgan fingerprint density at radius 3 is 2.19 bits per heavy atom. The normalized spacial score (nSPS) is 11.3. The molecule has 162 valence electrons. The lowest BCUT2D eigenvalue weighted by Crippen LogP contribution is -2.30. The van der Waals surface area contributed by atoms with E-state index in [-0.39, 0.29) is 12.4 Å². The van der Waals surface area contributed by atoms with Crippen molar-refractivity contribution < 1.29 is 19.7 Å². The van der Waals surface area contributed by atoms with Gasteiger partial charge in [-0.25, -0.2) is 4.98 Å². The summed E-state index contributed by atoms with van der Waals surface area (Å²) in [6.07, 6.45) is 3.51. The zero-order valence-corrected chi connectivity index (χ0v) is 17.7. The molecule has 7 heteroatoms. The van der Waals surface area contributed by atoms with E-state index in [1.54, 1.807) is 50.5 Å². The zero-order chi connectivity index (χ0) is 22.7. The number of pyridine rings is 1. The number of ether oxygens (including phenoxy) is 1. The molecule has 3 N–H and O–H groups in total. The highest BCUT2D eigenvalue weighted by Crippen LogP contribution is 2.26. The predicted molar refractivity (Wildman–Crippen MR) is 121 cm³/mol. The number of rotatable bonds is 7. The van der Waals surface area contributed by atoms with E-state index in [2.05, 4.69) is 15.0 Å². The number of carboxylic acids is 1. The van der Waals surface area contributed by atoms with E-state index < -0.39 is 11.4 Å². The van der Waals surface area contributed by atoms with Gasteiger partial charge in [-0.1, -0.05) is 0 Å². The van der Waals surface area contributed by atoms with Crippen LogP contribution in [0.1, 0.15) is 13.8 Å². The van der Waals surface area contributed by atoms with E-state index in [1.807, 2.05) is 36.4 Å². The maximum absolute atomic E-state index is 11.2. The lowest BCUT2D eigenvalue weighted by Gasteiger charge is -2.19. The van der Waals surface area contributed by atoms with Gasteiger partial charge in [-0.3, -0.25) is 9.78 Å². The van der Waals surface area contributed by atoms with Gasteiger partial charge in [0, 0.05) is 17.3 Å². The van der Waals surface area contributed by atoms with Crippen LogP contribution < -0.4 is 4.74 Å². The summed E-state index contributed by atoms with van der Waals surface area (Å²) >= 11 is 0. The number of aliphatic carboxylic acids is 1. The second kappa shape index (κ2) is 8.55. The highest BCUT2D eigenvalue weighted by atomic mass is 16.5. The van der Waals surface area contributed by atoms with Crippen molar-refractivity contribution in [2.24, 2.45) is 5.41 Å². The van der Waals surface area contributed by atoms with Crippen LogP contribution in [-0.4, -0.2) is 37.7 Å². The number of hydrogen-bond donors (Lipinski definition) is 3. The topological polar surface area (TPSA) is 108 Å². The molecule has 2 aromatic carbocycles. The summed E-state index contributed by atoms with van der Waals surface area (Å²) in [7, 11) is 0. The fraction of sp³-hybridized carbons (Fsp3) is 0.160. The van der Waals surface area contributed by atoms with Gasteiger partial charge in [0.05, 0.1) is 23.0 Å². The molecule has 4 aromatic rings. The molecule has 0 fully saturated rings. The first-order valence-corrected chi connectivity index (χ1v) is 10.1. The SMILES string of the molecule is CC(C)(COc1ccc(-c2ccc(-c3ncc(-c4ccc(O)cc4)[nH]3)cn2)cc1)C(=O)O. The van der Waals surface area contributed by atoms with Crippen LogP contribution in [-0.2, 0) is 4.79 Å². The van der Waals surface area contributed by atoms with Crippen molar-refractivity contribution in [3.63, 3.8) is 0 Å². The van der Waals surface area contributed by atoms with Crippen molar-refractivity contribution in [1.82, 2.24) is 15.0 Å². The van der Waals surface area contributed by atoms with Crippen LogP contribution in [0.25, 0.3) is 33.9 Å². The van der Waals surface area contributed by atoms with Crippen molar-refractivity contribution in [1.29, 1.82) is 0 Å². The molecule has 0 aliphatic heterocycles. The molecule has 0 saturated carbocycles. The van der Waals surface area contributed by atoms with Gasteiger partial charge in [0.1, 0.15) is 23.9 Å². The molecule has 0 spiro atoms. The number of aromatic hydroxyl groups is 1. The minimum atomic E-state index is -0.954. The van der Waals surface area contributed by atoms with Gasteiger partial charge in [-0.2, -0.15) is 0 Å². The molecule has 32 heavy (non-hydrogen) atoms. The number of nitrogens with zero attached hydrogens (tertiary/aromatic N) is 2. The Balaban J connectivity index is 1.45. The Bertz CT molecular complexity index is 1210. The van der Waals surface area contributed by atoms with Crippen LogP contribution in [0, 0.1) is 5.41 Å². The minimum absolute atomic E-state index is 0.0872. The first-order chi connectivity index (χ1) is 15.3. The fourth-order valence-corrected chi connectivity index (χ4v) is 3.01. The van der Waals surface area contributed by atoms with Crippen molar-refractivity contribution in [3.8, 4) is 45.4 Å². The standard InChI is InChI=1S/C25H23N3O4/c1-25(2,24(30)31)15-32-20-10-5-16(6-11-20)21-12-7-18(13-26-21)23-27-14-22(28-23)17-3-8-19(29)9-4-17/h3-14,29H,15H2,1-2H3,(H,27,28)(H,30,31). The molecule has 0 bridgehead atoms. The third-order valence-electron chi connectivity index (χ3n) is 5.12. The third-order valence-corrected chi connectivity index (χ3v) is 5.12. The number of carbonyl (C=O) groups is 1. The smallest absolute Gasteiger partial charge is 0.312 e. The number of phenolic OH excluding ortho intramolecular Hbond substituents is 1. The van der Waals surface area contributed by atoms with Crippen molar-refractivity contribution in [2.45, 2.75) is 13.8 Å². The highest BCUT2D eigenvalue weighted by molar-refractivity contribution is 5.73.